The number of esters is 1. The van der Waals surface area contributed by atoms with Crippen LogP contribution in [0.4, 0.5) is 5.69 Å². The number of carbonyl (C=O) groups excluding carboxylic acids is 1. The number of piperidine rings is 1. The van der Waals surface area contributed by atoms with Crippen LogP contribution >= 0.6 is 0 Å². The van der Waals surface area contributed by atoms with Crippen LogP contribution in [0.15, 0.2) is 24.3 Å². The number of para-hydroxylation sites is 1. The highest BCUT2D eigenvalue weighted by Crippen LogP contribution is 2.30. The van der Waals surface area contributed by atoms with E-state index in [4.69, 9.17) is 10.5 Å². The molecule has 4 nitrogen and oxygen atoms in total. The SMILES string of the molecule is CC(C)(OC(=O)c1ccccc1N)C1CCNCC1. The molecule has 19 heavy (non-hydrogen) atoms. The van der Waals surface area contributed by atoms with Gasteiger partial charge in [0.1, 0.15) is 5.60 Å². The van der Waals surface area contributed by atoms with Gasteiger partial charge in [0.2, 0.25) is 0 Å². The second kappa shape index (κ2) is 5.61. The maximum atomic E-state index is 12.2. The van der Waals surface area contributed by atoms with Crippen LogP contribution in [0.25, 0.3) is 0 Å². The molecule has 2 rings (SSSR count). The van der Waals surface area contributed by atoms with Crippen LogP contribution in [0.1, 0.15) is 37.0 Å². The highest BCUT2D eigenvalue weighted by Gasteiger charge is 2.34. The average molecular weight is 262 g/mol. The molecule has 0 spiro atoms. The van der Waals surface area contributed by atoms with Gasteiger partial charge in [-0.3, -0.25) is 0 Å². The summed E-state index contributed by atoms with van der Waals surface area (Å²) in [5.74, 6) is 0.0595. The van der Waals surface area contributed by atoms with E-state index >= 15 is 0 Å². The van der Waals surface area contributed by atoms with Gasteiger partial charge in [-0.25, -0.2) is 4.79 Å². The normalized spacial score (nSPS) is 17.2. The Morgan fingerprint density at radius 3 is 2.58 bits per heavy atom. The zero-order valence-electron chi connectivity index (χ0n) is 11.6. The summed E-state index contributed by atoms with van der Waals surface area (Å²) in [6, 6.07) is 7.03. The third-order valence-corrected chi connectivity index (χ3v) is 3.86. The Kier molecular flexibility index (Phi) is 4.10. The number of nitrogen functional groups attached to an aromatic ring is 1. The summed E-state index contributed by atoms with van der Waals surface area (Å²) in [5, 5.41) is 3.32. The van der Waals surface area contributed by atoms with E-state index < -0.39 is 5.60 Å². The number of rotatable bonds is 3. The summed E-state index contributed by atoms with van der Waals surface area (Å²) in [4.78, 5) is 12.2. The lowest BCUT2D eigenvalue weighted by atomic mass is 9.83. The van der Waals surface area contributed by atoms with Gasteiger partial charge in [0, 0.05) is 11.6 Å². The summed E-state index contributed by atoms with van der Waals surface area (Å²) in [6.45, 7) is 5.94. The molecule has 0 atom stereocenters. The molecule has 104 valence electrons. The molecule has 0 aliphatic carbocycles. The molecule has 0 saturated carbocycles. The van der Waals surface area contributed by atoms with Crippen molar-refractivity contribution in [3.63, 3.8) is 0 Å². The van der Waals surface area contributed by atoms with Crippen molar-refractivity contribution in [2.45, 2.75) is 32.3 Å². The number of ether oxygens (including phenoxy) is 1. The van der Waals surface area contributed by atoms with Gasteiger partial charge in [0.05, 0.1) is 5.56 Å². The molecule has 1 aromatic carbocycles. The lowest BCUT2D eigenvalue weighted by molar-refractivity contribution is -0.0367. The molecule has 0 bridgehead atoms. The van der Waals surface area contributed by atoms with Gasteiger partial charge in [0.25, 0.3) is 0 Å². The molecule has 0 amide bonds. The fraction of sp³-hybridized carbons (Fsp3) is 0.533. The van der Waals surface area contributed by atoms with Gasteiger partial charge in [0.15, 0.2) is 0 Å². The van der Waals surface area contributed by atoms with Gasteiger partial charge in [-0.1, -0.05) is 12.1 Å². The first kappa shape index (κ1) is 13.9. The Morgan fingerprint density at radius 2 is 1.95 bits per heavy atom. The Balaban J connectivity index is 2.07. The average Bonchev–Trinajstić information content (AvgIpc) is 2.39. The molecule has 4 heteroatoms. The van der Waals surface area contributed by atoms with Gasteiger partial charge in [-0.05, 0) is 51.9 Å². The van der Waals surface area contributed by atoms with Crippen LogP contribution in [0, 0.1) is 5.92 Å². The molecule has 1 aliphatic heterocycles. The number of benzene rings is 1. The van der Waals surface area contributed by atoms with Gasteiger partial charge in [-0.15, -0.1) is 0 Å². The lowest BCUT2D eigenvalue weighted by Crippen LogP contribution is -2.42. The second-order valence-corrected chi connectivity index (χ2v) is 5.60. The first-order chi connectivity index (χ1) is 9.00. The topological polar surface area (TPSA) is 64.3 Å². The molecule has 0 unspecified atom stereocenters. The van der Waals surface area contributed by atoms with Gasteiger partial charge in [-0.2, -0.15) is 0 Å². The first-order valence-electron chi connectivity index (χ1n) is 6.79. The van der Waals surface area contributed by atoms with Crippen molar-refractivity contribution >= 4 is 11.7 Å². The third kappa shape index (κ3) is 3.26. The smallest absolute Gasteiger partial charge is 0.340 e. The van der Waals surface area contributed by atoms with Crippen LogP contribution in [0.3, 0.4) is 0 Å². The van der Waals surface area contributed by atoms with E-state index in [2.05, 4.69) is 5.32 Å². The quantitative estimate of drug-likeness (QED) is 0.647. The van der Waals surface area contributed by atoms with Crippen LogP contribution < -0.4 is 11.1 Å². The van der Waals surface area contributed by atoms with Crippen LogP contribution in [0.2, 0.25) is 0 Å². The lowest BCUT2D eigenvalue weighted by Gasteiger charge is -2.36. The molecular formula is C15H22N2O2. The molecule has 1 heterocycles. The molecule has 0 radical (unpaired) electrons. The molecule has 1 aliphatic rings. The molecule has 1 aromatic rings. The summed E-state index contributed by atoms with van der Waals surface area (Å²) in [6.07, 6.45) is 2.06. The van der Waals surface area contributed by atoms with E-state index in [1.165, 1.54) is 0 Å². The Hall–Kier alpha value is -1.55. The standard InChI is InChI=1S/C15H22N2O2/c1-15(2,11-7-9-17-10-8-11)19-14(18)12-5-3-4-6-13(12)16/h3-6,11,17H,7-10,16H2,1-2H3. The monoisotopic (exact) mass is 262 g/mol. The second-order valence-electron chi connectivity index (χ2n) is 5.60. The fourth-order valence-corrected chi connectivity index (χ4v) is 2.58. The van der Waals surface area contributed by atoms with Gasteiger partial charge >= 0.3 is 5.97 Å². The van der Waals surface area contributed by atoms with Crippen molar-refractivity contribution in [2.75, 3.05) is 18.8 Å². The number of hydrogen-bond acceptors (Lipinski definition) is 4. The highest BCUT2D eigenvalue weighted by atomic mass is 16.6. The maximum absolute atomic E-state index is 12.2. The molecular weight excluding hydrogens is 240 g/mol. The molecule has 0 aromatic heterocycles. The summed E-state index contributed by atoms with van der Waals surface area (Å²) < 4.78 is 5.70. The van der Waals surface area contributed by atoms with E-state index in [9.17, 15) is 4.79 Å². The summed E-state index contributed by atoms with van der Waals surface area (Å²) >= 11 is 0. The molecule has 1 saturated heterocycles. The van der Waals surface area contributed by atoms with E-state index in [0.29, 0.717) is 17.2 Å². The number of hydrogen-bond donors (Lipinski definition) is 2. The Labute approximate surface area is 114 Å². The first-order valence-corrected chi connectivity index (χ1v) is 6.79. The van der Waals surface area contributed by atoms with E-state index in [-0.39, 0.29) is 5.97 Å². The number of nitrogens with two attached hydrogens (primary N) is 1. The zero-order valence-corrected chi connectivity index (χ0v) is 11.6. The minimum Gasteiger partial charge on any atom is -0.456 e. The molecule has 1 fully saturated rings. The number of carbonyl (C=O) groups is 1. The van der Waals surface area contributed by atoms with Crippen LogP contribution in [-0.2, 0) is 4.74 Å². The van der Waals surface area contributed by atoms with E-state index in [1.54, 1.807) is 18.2 Å². The molecule has 3 N–H and O–H groups in total. The van der Waals surface area contributed by atoms with Crippen LogP contribution in [0.5, 0.6) is 0 Å². The highest BCUT2D eigenvalue weighted by molar-refractivity contribution is 5.95. The van der Waals surface area contributed by atoms with Crippen molar-refractivity contribution in [1.82, 2.24) is 5.32 Å². The predicted molar refractivity (Wildman–Crippen MR) is 75.9 cm³/mol. The number of anilines is 1. The van der Waals surface area contributed by atoms with Crippen molar-refractivity contribution in [3.8, 4) is 0 Å². The summed E-state index contributed by atoms with van der Waals surface area (Å²) in [5.41, 5.74) is 6.27. The fourth-order valence-electron chi connectivity index (χ4n) is 2.58. The van der Waals surface area contributed by atoms with Crippen molar-refractivity contribution < 1.29 is 9.53 Å². The Morgan fingerprint density at radius 1 is 1.32 bits per heavy atom. The van der Waals surface area contributed by atoms with E-state index in [0.717, 1.165) is 25.9 Å². The van der Waals surface area contributed by atoms with Crippen molar-refractivity contribution in [1.29, 1.82) is 0 Å². The van der Waals surface area contributed by atoms with E-state index in [1.807, 2.05) is 19.9 Å². The largest absolute Gasteiger partial charge is 0.456 e. The number of nitrogens with one attached hydrogen (secondary N) is 1. The summed E-state index contributed by atoms with van der Waals surface area (Å²) in [7, 11) is 0. The predicted octanol–water partition coefficient (Wildman–Crippen LogP) is 2.20. The van der Waals surface area contributed by atoms with Crippen LogP contribution in [-0.4, -0.2) is 24.7 Å². The van der Waals surface area contributed by atoms with Crippen molar-refractivity contribution in [2.24, 2.45) is 5.92 Å². The minimum atomic E-state index is -0.457. The Bertz CT molecular complexity index is 451. The van der Waals surface area contributed by atoms with Gasteiger partial charge < -0.3 is 15.8 Å². The minimum absolute atomic E-state index is 0.332. The zero-order chi connectivity index (χ0) is 13.9. The maximum Gasteiger partial charge on any atom is 0.340 e. The third-order valence-electron chi connectivity index (χ3n) is 3.86. The van der Waals surface area contributed by atoms with Crippen molar-refractivity contribution in [3.05, 3.63) is 29.8 Å².